The van der Waals surface area contributed by atoms with Gasteiger partial charge in [-0.3, -0.25) is 14.6 Å². The van der Waals surface area contributed by atoms with E-state index in [1.165, 1.54) is 5.01 Å². The van der Waals surface area contributed by atoms with Crippen molar-refractivity contribution in [3.05, 3.63) is 34.7 Å². The molecule has 0 unspecified atom stereocenters. The maximum Gasteiger partial charge on any atom is 0.314 e. The molecule has 4 nitrogen and oxygen atoms in total. The molecule has 2 aliphatic rings. The van der Waals surface area contributed by atoms with Crippen LogP contribution in [0.4, 0.5) is 0 Å². The molecule has 3 rings (SSSR count). The highest BCUT2D eigenvalue weighted by Crippen LogP contribution is 2.11. The van der Waals surface area contributed by atoms with Gasteiger partial charge in [0.05, 0.1) is 0 Å². The number of hydrogen-bond donors (Lipinski definition) is 0. The van der Waals surface area contributed by atoms with Crippen LogP contribution in [-0.2, 0) is 9.59 Å². The number of ketones is 1. The molecule has 2 heterocycles. The number of hydrazine groups is 1. The number of carbonyl (C=O) groups is 2. The van der Waals surface area contributed by atoms with E-state index in [2.05, 4.69) is 0 Å². The third kappa shape index (κ3) is 1.08. The third-order valence-electron chi connectivity index (χ3n) is 2.57. The van der Waals surface area contributed by atoms with Crippen LogP contribution in [0.15, 0.2) is 24.3 Å². The molecule has 0 atom stereocenters. The lowest BCUT2D eigenvalue weighted by Gasteiger charge is -2.24. The number of nitrogens with zero attached hydrogens (tertiary/aromatic N) is 2. The fourth-order valence-corrected chi connectivity index (χ4v) is 1.81. The van der Waals surface area contributed by atoms with Gasteiger partial charge in [-0.15, -0.1) is 0 Å². The summed E-state index contributed by atoms with van der Waals surface area (Å²) in [5, 5.41) is 4.98. The Bertz CT molecular complexity index is 576. The third-order valence-corrected chi connectivity index (χ3v) is 2.57. The highest BCUT2D eigenvalue weighted by molar-refractivity contribution is 6.39. The van der Waals surface area contributed by atoms with Crippen LogP contribution in [-0.4, -0.2) is 28.3 Å². The van der Waals surface area contributed by atoms with Crippen molar-refractivity contribution >= 4 is 24.1 Å². The van der Waals surface area contributed by atoms with Crippen LogP contribution < -0.4 is 10.4 Å². The van der Waals surface area contributed by atoms with Crippen molar-refractivity contribution in [1.29, 1.82) is 0 Å². The molecule has 1 aromatic carbocycles. The van der Waals surface area contributed by atoms with Gasteiger partial charge in [-0.1, -0.05) is 24.3 Å². The molecule has 0 radical (unpaired) electrons. The zero-order valence-corrected chi connectivity index (χ0v) is 7.88. The number of fused-ring (bicyclic) bond motifs is 2. The molecule has 1 aromatic rings. The van der Waals surface area contributed by atoms with Gasteiger partial charge < -0.3 is 0 Å². The molecule has 4 heteroatoms. The lowest BCUT2D eigenvalue weighted by molar-refractivity contribution is -0.139. The summed E-state index contributed by atoms with van der Waals surface area (Å²) in [6, 6.07) is 7.70. The molecule has 0 bridgehead atoms. The number of carbonyl (C=O) groups excluding carboxylic acids is 2. The Morgan fingerprint density at radius 2 is 1.67 bits per heavy atom. The normalized spacial score (nSPS) is 18.1. The van der Waals surface area contributed by atoms with Crippen molar-refractivity contribution in [2.24, 2.45) is 0 Å². The summed E-state index contributed by atoms with van der Waals surface area (Å²) in [6.07, 6.45) is 3.51. The molecule has 15 heavy (non-hydrogen) atoms. The number of Topliss-reactive ketones (excluding diaryl/α,β-unsaturated/α-hetero) is 1. The Hall–Kier alpha value is -2.10. The minimum absolute atomic E-state index is 0.143. The van der Waals surface area contributed by atoms with Crippen LogP contribution in [0.5, 0.6) is 0 Å². The molecule has 1 fully saturated rings. The maximum atomic E-state index is 11.4. The average molecular weight is 200 g/mol. The van der Waals surface area contributed by atoms with E-state index in [-0.39, 0.29) is 12.3 Å². The summed E-state index contributed by atoms with van der Waals surface area (Å²) in [4.78, 5) is 22.7. The zero-order chi connectivity index (χ0) is 10.4. The van der Waals surface area contributed by atoms with Crippen LogP contribution in [0, 0.1) is 0 Å². The van der Waals surface area contributed by atoms with Crippen molar-refractivity contribution in [1.82, 2.24) is 10.0 Å². The monoisotopic (exact) mass is 200 g/mol. The van der Waals surface area contributed by atoms with E-state index in [0.29, 0.717) is 0 Å². The van der Waals surface area contributed by atoms with E-state index >= 15 is 0 Å². The maximum absolute atomic E-state index is 11.4. The SMILES string of the molecule is O=C1CN2C=c3ccccc3=CN2C1=O. The Kier molecular flexibility index (Phi) is 1.48. The quantitative estimate of drug-likeness (QED) is 0.494. The van der Waals surface area contributed by atoms with Crippen LogP contribution in [0.3, 0.4) is 0 Å². The summed E-state index contributed by atoms with van der Waals surface area (Å²) in [5.41, 5.74) is 0. The first-order valence-corrected chi connectivity index (χ1v) is 4.67. The van der Waals surface area contributed by atoms with Crippen molar-refractivity contribution in [2.75, 3.05) is 6.54 Å². The highest BCUT2D eigenvalue weighted by Gasteiger charge is 2.34. The first-order valence-electron chi connectivity index (χ1n) is 4.67. The minimum Gasteiger partial charge on any atom is -0.286 e. The Morgan fingerprint density at radius 3 is 2.40 bits per heavy atom. The minimum atomic E-state index is -0.458. The van der Waals surface area contributed by atoms with Crippen molar-refractivity contribution in [3.8, 4) is 0 Å². The standard InChI is InChI=1S/C11H8N2O2/c14-10-7-12-5-8-3-1-2-4-9(8)6-13(12)11(10)15/h1-6H,7H2. The molecule has 2 aliphatic heterocycles. The topological polar surface area (TPSA) is 40.6 Å². The second-order valence-corrected chi connectivity index (χ2v) is 3.56. The van der Waals surface area contributed by atoms with Crippen LogP contribution in [0.2, 0.25) is 0 Å². The van der Waals surface area contributed by atoms with E-state index in [1.54, 1.807) is 11.2 Å². The number of rotatable bonds is 0. The van der Waals surface area contributed by atoms with Gasteiger partial charge in [0.2, 0.25) is 5.78 Å². The van der Waals surface area contributed by atoms with Crippen LogP contribution in [0.1, 0.15) is 0 Å². The van der Waals surface area contributed by atoms with Crippen LogP contribution in [0.25, 0.3) is 12.4 Å². The summed E-state index contributed by atoms with van der Waals surface area (Å²) < 4.78 is 0. The van der Waals surface area contributed by atoms with Gasteiger partial charge >= 0.3 is 5.91 Å². The molecule has 0 saturated carbocycles. The van der Waals surface area contributed by atoms with Gasteiger partial charge in [-0.05, 0) is 0 Å². The summed E-state index contributed by atoms with van der Waals surface area (Å²) in [7, 11) is 0. The first kappa shape index (κ1) is 8.23. The molecule has 1 saturated heterocycles. The van der Waals surface area contributed by atoms with Gasteiger partial charge in [0.25, 0.3) is 0 Å². The Labute approximate surface area is 85.7 Å². The van der Waals surface area contributed by atoms with Gasteiger partial charge in [0.1, 0.15) is 6.54 Å². The van der Waals surface area contributed by atoms with Crippen LogP contribution >= 0.6 is 0 Å². The predicted molar refractivity (Wildman–Crippen MR) is 53.2 cm³/mol. The lowest BCUT2D eigenvalue weighted by Crippen LogP contribution is -2.42. The molecule has 74 valence electrons. The number of amides is 1. The van der Waals surface area contributed by atoms with Gasteiger partial charge in [-0.25, -0.2) is 5.01 Å². The molecule has 0 spiro atoms. The number of benzene rings is 1. The Balaban J connectivity index is 2.24. The largest absolute Gasteiger partial charge is 0.314 e. The summed E-state index contributed by atoms with van der Waals surface area (Å²) in [5.74, 6) is -0.823. The van der Waals surface area contributed by atoms with E-state index in [4.69, 9.17) is 0 Å². The summed E-state index contributed by atoms with van der Waals surface area (Å²) >= 11 is 0. The van der Waals surface area contributed by atoms with E-state index in [9.17, 15) is 9.59 Å². The van der Waals surface area contributed by atoms with Gasteiger partial charge in [-0.2, -0.15) is 0 Å². The molecular formula is C11H8N2O2. The van der Waals surface area contributed by atoms with Gasteiger partial charge in [0.15, 0.2) is 0 Å². The Morgan fingerprint density at radius 1 is 1.00 bits per heavy atom. The van der Waals surface area contributed by atoms with Crippen molar-refractivity contribution in [3.63, 3.8) is 0 Å². The van der Waals surface area contributed by atoms with Gasteiger partial charge in [0, 0.05) is 22.8 Å². The predicted octanol–water partition coefficient (Wildman–Crippen LogP) is -1.20. The second kappa shape index (κ2) is 2.70. The summed E-state index contributed by atoms with van der Waals surface area (Å²) in [6.45, 7) is 0.143. The smallest absolute Gasteiger partial charge is 0.286 e. The van der Waals surface area contributed by atoms with Crippen molar-refractivity contribution in [2.45, 2.75) is 0 Å². The fraction of sp³-hybridized carbons (Fsp3) is 0.0909. The zero-order valence-electron chi connectivity index (χ0n) is 7.88. The van der Waals surface area contributed by atoms with E-state index in [0.717, 1.165) is 10.4 Å². The van der Waals surface area contributed by atoms with E-state index in [1.807, 2.05) is 30.5 Å². The lowest BCUT2D eigenvalue weighted by atomic mass is 10.2. The van der Waals surface area contributed by atoms with Crippen molar-refractivity contribution < 1.29 is 9.59 Å². The molecular weight excluding hydrogens is 192 g/mol. The average Bonchev–Trinajstić information content (AvgIpc) is 2.52. The molecule has 1 amide bonds. The molecule has 0 N–H and O–H groups in total. The number of hydrogen-bond acceptors (Lipinski definition) is 3. The van der Waals surface area contributed by atoms with E-state index < -0.39 is 5.91 Å². The highest BCUT2D eigenvalue weighted by atomic mass is 16.2. The molecule has 0 aliphatic carbocycles. The second-order valence-electron chi connectivity index (χ2n) is 3.56. The molecule has 0 aromatic heterocycles. The fourth-order valence-electron chi connectivity index (χ4n) is 1.81. The first-order chi connectivity index (χ1) is 7.25.